The van der Waals surface area contributed by atoms with Crippen LogP contribution >= 0.6 is 0 Å². The van der Waals surface area contributed by atoms with Gasteiger partial charge >= 0.3 is 0 Å². The van der Waals surface area contributed by atoms with Gasteiger partial charge in [0.25, 0.3) is 0 Å². The fraction of sp³-hybridized carbons (Fsp3) is 0.700. The minimum Gasteiger partial charge on any atom is -0.396 e. The molecular weight excluding hydrogens is 162 g/mol. The van der Waals surface area contributed by atoms with Gasteiger partial charge in [-0.2, -0.15) is 5.10 Å². The summed E-state index contributed by atoms with van der Waals surface area (Å²) in [6.45, 7) is 0. The summed E-state index contributed by atoms with van der Waals surface area (Å²) >= 11 is 0. The maximum Gasteiger partial charge on any atom is 0.0733 e. The summed E-state index contributed by atoms with van der Waals surface area (Å²) in [6, 6.07) is 0. The lowest BCUT2D eigenvalue weighted by atomic mass is 9.86. The lowest BCUT2D eigenvalue weighted by Crippen LogP contribution is -2.10. The number of nitrogens with one attached hydrogen (secondary N) is 1. The summed E-state index contributed by atoms with van der Waals surface area (Å²) < 4.78 is 0. The summed E-state index contributed by atoms with van der Waals surface area (Å²) in [5, 5.41) is 7.06. The number of nitrogens with two attached hydrogens (primary N) is 1. The van der Waals surface area contributed by atoms with Crippen LogP contribution in [-0.4, -0.2) is 10.2 Å². The van der Waals surface area contributed by atoms with Crippen molar-refractivity contribution in [3.05, 3.63) is 11.9 Å². The summed E-state index contributed by atoms with van der Waals surface area (Å²) in [5.74, 6) is 2.53. The van der Waals surface area contributed by atoms with Crippen LogP contribution in [-0.2, 0) is 0 Å². The van der Waals surface area contributed by atoms with Crippen molar-refractivity contribution in [1.29, 1.82) is 0 Å². The predicted octanol–water partition coefficient (Wildman–Crippen LogP) is 1.90. The molecule has 3 unspecified atom stereocenters. The van der Waals surface area contributed by atoms with Gasteiger partial charge in [0.2, 0.25) is 0 Å². The van der Waals surface area contributed by atoms with E-state index in [1.165, 1.54) is 31.4 Å². The van der Waals surface area contributed by atoms with Crippen LogP contribution in [0.5, 0.6) is 0 Å². The van der Waals surface area contributed by atoms with Crippen molar-refractivity contribution >= 4 is 5.69 Å². The van der Waals surface area contributed by atoms with E-state index < -0.39 is 0 Å². The highest BCUT2D eigenvalue weighted by Gasteiger charge is 2.41. The molecule has 2 aliphatic rings. The van der Waals surface area contributed by atoms with Crippen molar-refractivity contribution in [1.82, 2.24) is 10.2 Å². The largest absolute Gasteiger partial charge is 0.396 e. The molecule has 2 aliphatic carbocycles. The van der Waals surface area contributed by atoms with E-state index in [4.69, 9.17) is 5.73 Å². The standard InChI is InChI=1S/C10H15N3/c11-9-5-12-13-10(9)8-4-6-1-2-7(8)3-6/h5-8H,1-4,11H2,(H,12,13). The fourth-order valence-electron chi connectivity index (χ4n) is 3.20. The van der Waals surface area contributed by atoms with E-state index in [0.717, 1.165) is 17.5 Å². The highest BCUT2D eigenvalue weighted by Crippen LogP contribution is 2.53. The minimum atomic E-state index is 0.682. The number of hydrogen-bond donors (Lipinski definition) is 2. The predicted molar refractivity (Wildman–Crippen MR) is 51.2 cm³/mol. The van der Waals surface area contributed by atoms with Gasteiger partial charge in [-0.1, -0.05) is 6.42 Å². The van der Waals surface area contributed by atoms with E-state index in [2.05, 4.69) is 10.2 Å². The Hall–Kier alpha value is -0.990. The first kappa shape index (κ1) is 7.42. The van der Waals surface area contributed by atoms with Gasteiger partial charge in [0, 0.05) is 5.92 Å². The first-order valence-electron chi connectivity index (χ1n) is 5.13. The van der Waals surface area contributed by atoms with Crippen molar-refractivity contribution in [2.75, 3.05) is 5.73 Å². The van der Waals surface area contributed by atoms with Crippen molar-refractivity contribution in [3.63, 3.8) is 0 Å². The van der Waals surface area contributed by atoms with Crippen molar-refractivity contribution in [3.8, 4) is 0 Å². The molecule has 0 spiro atoms. The van der Waals surface area contributed by atoms with E-state index in [1.54, 1.807) is 6.20 Å². The second-order valence-electron chi connectivity index (χ2n) is 4.52. The Bertz CT molecular complexity index is 318. The van der Waals surface area contributed by atoms with E-state index in [-0.39, 0.29) is 0 Å². The highest BCUT2D eigenvalue weighted by molar-refractivity contribution is 5.43. The number of nitrogens with zero attached hydrogens (tertiary/aromatic N) is 1. The van der Waals surface area contributed by atoms with Crippen LogP contribution in [0.2, 0.25) is 0 Å². The van der Waals surface area contributed by atoms with Crippen LogP contribution in [0, 0.1) is 11.8 Å². The number of fused-ring (bicyclic) bond motifs is 2. The van der Waals surface area contributed by atoms with E-state index in [0.29, 0.717) is 5.92 Å². The maximum atomic E-state index is 5.86. The Labute approximate surface area is 77.7 Å². The molecule has 3 atom stereocenters. The van der Waals surface area contributed by atoms with Gasteiger partial charge in [0.05, 0.1) is 17.6 Å². The van der Waals surface area contributed by atoms with Gasteiger partial charge in [0.15, 0.2) is 0 Å². The molecule has 1 aromatic rings. The average molecular weight is 177 g/mol. The minimum absolute atomic E-state index is 0.682. The number of aromatic amines is 1. The molecule has 0 saturated heterocycles. The summed E-state index contributed by atoms with van der Waals surface area (Å²) in [6.07, 6.45) is 7.32. The summed E-state index contributed by atoms with van der Waals surface area (Å²) in [5.41, 5.74) is 7.92. The molecule has 3 nitrogen and oxygen atoms in total. The van der Waals surface area contributed by atoms with Gasteiger partial charge in [-0.05, 0) is 31.1 Å². The topological polar surface area (TPSA) is 54.7 Å². The maximum absolute atomic E-state index is 5.86. The molecule has 2 saturated carbocycles. The van der Waals surface area contributed by atoms with E-state index in [9.17, 15) is 0 Å². The number of rotatable bonds is 1. The zero-order valence-corrected chi connectivity index (χ0v) is 7.66. The lowest BCUT2D eigenvalue weighted by molar-refractivity contribution is 0.413. The zero-order chi connectivity index (χ0) is 8.84. The smallest absolute Gasteiger partial charge is 0.0733 e. The number of aromatic nitrogens is 2. The third-order valence-corrected chi connectivity index (χ3v) is 3.81. The third-order valence-electron chi connectivity index (χ3n) is 3.81. The normalized spacial score (nSPS) is 37.1. The highest BCUT2D eigenvalue weighted by atomic mass is 15.1. The first-order chi connectivity index (χ1) is 6.34. The Morgan fingerprint density at radius 2 is 2.31 bits per heavy atom. The molecule has 1 aromatic heterocycles. The summed E-state index contributed by atoms with van der Waals surface area (Å²) in [4.78, 5) is 0. The molecule has 0 aliphatic heterocycles. The number of nitrogen functional groups attached to an aromatic ring is 1. The average Bonchev–Trinajstić information content (AvgIpc) is 2.77. The number of H-pyrrole nitrogens is 1. The Kier molecular flexibility index (Phi) is 1.43. The Balaban J connectivity index is 1.91. The monoisotopic (exact) mass is 177 g/mol. The van der Waals surface area contributed by atoms with Gasteiger partial charge in [-0.25, -0.2) is 0 Å². The molecule has 0 amide bonds. The molecular formula is C10H15N3. The van der Waals surface area contributed by atoms with Crippen LogP contribution in [0.25, 0.3) is 0 Å². The number of anilines is 1. The van der Waals surface area contributed by atoms with Crippen molar-refractivity contribution in [2.45, 2.75) is 31.6 Å². The molecule has 3 N–H and O–H groups in total. The van der Waals surface area contributed by atoms with Gasteiger partial charge in [0.1, 0.15) is 0 Å². The van der Waals surface area contributed by atoms with Crippen LogP contribution < -0.4 is 5.73 Å². The van der Waals surface area contributed by atoms with Crippen molar-refractivity contribution < 1.29 is 0 Å². The summed E-state index contributed by atoms with van der Waals surface area (Å²) in [7, 11) is 0. The zero-order valence-electron chi connectivity index (χ0n) is 7.66. The Morgan fingerprint density at radius 3 is 2.85 bits per heavy atom. The van der Waals surface area contributed by atoms with E-state index in [1.807, 2.05) is 0 Å². The van der Waals surface area contributed by atoms with Gasteiger partial charge < -0.3 is 5.73 Å². The molecule has 2 fully saturated rings. The molecule has 3 rings (SSSR count). The molecule has 2 bridgehead atoms. The van der Waals surface area contributed by atoms with Crippen LogP contribution in [0.1, 0.15) is 37.3 Å². The molecule has 70 valence electrons. The van der Waals surface area contributed by atoms with E-state index >= 15 is 0 Å². The van der Waals surface area contributed by atoms with Crippen molar-refractivity contribution in [2.24, 2.45) is 11.8 Å². The fourth-order valence-corrected chi connectivity index (χ4v) is 3.20. The number of hydrogen-bond acceptors (Lipinski definition) is 2. The quantitative estimate of drug-likeness (QED) is 0.688. The van der Waals surface area contributed by atoms with Gasteiger partial charge in [-0.3, -0.25) is 5.10 Å². The molecule has 3 heteroatoms. The molecule has 0 aromatic carbocycles. The third kappa shape index (κ3) is 0.992. The first-order valence-corrected chi connectivity index (χ1v) is 5.13. The van der Waals surface area contributed by atoms with Crippen LogP contribution in [0.15, 0.2) is 6.20 Å². The Morgan fingerprint density at radius 1 is 1.38 bits per heavy atom. The van der Waals surface area contributed by atoms with Gasteiger partial charge in [-0.15, -0.1) is 0 Å². The SMILES string of the molecule is Nc1cn[nH]c1C1CC2CCC1C2. The molecule has 13 heavy (non-hydrogen) atoms. The molecule has 1 heterocycles. The van der Waals surface area contributed by atoms with Crippen LogP contribution in [0.4, 0.5) is 5.69 Å². The van der Waals surface area contributed by atoms with Crippen LogP contribution in [0.3, 0.4) is 0 Å². The second kappa shape index (κ2) is 2.50. The molecule has 0 radical (unpaired) electrons. The second-order valence-corrected chi connectivity index (χ2v) is 4.52. The lowest BCUT2D eigenvalue weighted by Gasteiger charge is -2.20.